The van der Waals surface area contributed by atoms with E-state index in [1.165, 1.54) is 0 Å². The molecule has 0 aromatic rings. The Morgan fingerprint density at radius 1 is 1.67 bits per heavy atom. The highest BCUT2D eigenvalue weighted by molar-refractivity contribution is 7.82. The van der Waals surface area contributed by atoms with Gasteiger partial charge in [-0.2, -0.15) is 0 Å². The van der Waals surface area contributed by atoms with E-state index in [0.717, 1.165) is 0 Å². The van der Waals surface area contributed by atoms with Gasteiger partial charge in [0.15, 0.2) is 5.78 Å². The maximum Gasteiger partial charge on any atom is 0.189 e. The molecule has 0 fully saturated rings. The van der Waals surface area contributed by atoms with Gasteiger partial charge in [0.05, 0.1) is 0 Å². The molecule has 0 aliphatic heterocycles. The first kappa shape index (κ1) is 8.56. The van der Waals surface area contributed by atoms with E-state index in [4.69, 9.17) is 5.73 Å². The van der Waals surface area contributed by atoms with Crippen molar-refractivity contribution in [1.29, 1.82) is 0 Å². The summed E-state index contributed by atoms with van der Waals surface area (Å²) in [5, 5.41) is 0. The Bertz CT molecular complexity index is 131. The molecule has 0 saturated carbocycles. The highest BCUT2D eigenvalue weighted by Crippen LogP contribution is 1.99. The highest BCUT2D eigenvalue weighted by Gasteiger charge is 2.06. The summed E-state index contributed by atoms with van der Waals surface area (Å²) in [6, 6.07) is 0. The fourth-order valence-electron chi connectivity index (χ4n) is 0.471. The lowest BCUT2D eigenvalue weighted by molar-refractivity contribution is -0.113. The minimum absolute atomic E-state index is 0.00343. The molecular weight excluding hydrogens is 134 g/mol. The number of carbonyl (C=O) groups excluding carboxylic acids is 1. The number of hydrogen-bond donors (Lipinski definition) is 1. The third kappa shape index (κ3) is 4.09. The summed E-state index contributed by atoms with van der Waals surface area (Å²) in [4.78, 5) is 10.7. The first-order valence-corrected chi connectivity index (χ1v) is 3.27. The molecule has 3 heteroatoms. The molecule has 0 aliphatic carbocycles. The van der Waals surface area contributed by atoms with E-state index in [2.05, 4.69) is 12.2 Å². The van der Waals surface area contributed by atoms with Crippen molar-refractivity contribution in [2.24, 2.45) is 11.7 Å². The first-order chi connectivity index (χ1) is 4.04. The van der Waals surface area contributed by atoms with Gasteiger partial charge in [-0.25, -0.2) is 0 Å². The standard InChI is InChI=1S/C6H11NOS/c1-4(2)3-5(8)6(7)9/h4H,3H2,1-2H3,(H2,7,9). The number of hydrogen-bond acceptors (Lipinski definition) is 2. The minimum Gasteiger partial charge on any atom is -0.387 e. The van der Waals surface area contributed by atoms with Gasteiger partial charge in [-0.15, -0.1) is 0 Å². The van der Waals surface area contributed by atoms with E-state index >= 15 is 0 Å². The maximum absolute atomic E-state index is 10.7. The number of nitrogens with two attached hydrogens (primary N) is 1. The smallest absolute Gasteiger partial charge is 0.189 e. The van der Waals surface area contributed by atoms with Crippen molar-refractivity contribution in [1.82, 2.24) is 0 Å². The van der Waals surface area contributed by atoms with E-state index < -0.39 is 0 Å². The number of thiocarbonyl (C=S) groups is 1. The average molecular weight is 145 g/mol. The monoisotopic (exact) mass is 145 g/mol. The summed E-state index contributed by atoms with van der Waals surface area (Å²) in [6.45, 7) is 3.91. The molecule has 0 aromatic carbocycles. The van der Waals surface area contributed by atoms with Gasteiger partial charge in [0.25, 0.3) is 0 Å². The van der Waals surface area contributed by atoms with Crippen molar-refractivity contribution in [3.8, 4) is 0 Å². The van der Waals surface area contributed by atoms with Crippen LogP contribution in [0.4, 0.5) is 0 Å². The molecule has 0 unspecified atom stereocenters. The second-order valence-corrected chi connectivity index (χ2v) is 2.83. The Morgan fingerprint density at radius 2 is 2.11 bits per heavy atom. The topological polar surface area (TPSA) is 43.1 Å². The van der Waals surface area contributed by atoms with E-state index in [1.54, 1.807) is 0 Å². The SMILES string of the molecule is CC(C)CC(=O)C(N)=S. The zero-order valence-electron chi connectivity index (χ0n) is 5.68. The van der Waals surface area contributed by atoms with Gasteiger partial charge < -0.3 is 5.73 Å². The van der Waals surface area contributed by atoms with Gasteiger partial charge in [-0.3, -0.25) is 4.79 Å². The molecule has 9 heavy (non-hydrogen) atoms. The number of Topliss-reactive ketones (excluding diaryl/α,β-unsaturated/α-hetero) is 1. The average Bonchev–Trinajstić information content (AvgIpc) is 1.63. The quantitative estimate of drug-likeness (QED) is 0.600. The lowest BCUT2D eigenvalue weighted by Gasteiger charge is -1.99. The van der Waals surface area contributed by atoms with Crippen molar-refractivity contribution in [2.45, 2.75) is 20.3 Å². The van der Waals surface area contributed by atoms with Crippen LogP contribution in [0.2, 0.25) is 0 Å². The molecule has 0 spiro atoms. The van der Waals surface area contributed by atoms with Gasteiger partial charge >= 0.3 is 0 Å². The summed E-state index contributed by atoms with van der Waals surface area (Å²) in [5.74, 6) is 0.235. The molecule has 0 saturated heterocycles. The third-order valence-corrected chi connectivity index (χ3v) is 1.10. The second-order valence-electron chi connectivity index (χ2n) is 2.39. The summed E-state index contributed by atoms with van der Waals surface area (Å²) < 4.78 is 0. The summed E-state index contributed by atoms with van der Waals surface area (Å²) in [5.41, 5.74) is 5.07. The molecule has 0 rings (SSSR count). The molecule has 0 amide bonds. The van der Waals surface area contributed by atoms with Gasteiger partial charge in [0.2, 0.25) is 0 Å². The first-order valence-electron chi connectivity index (χ1n) is 2.86. The lowest BCUT2D eigenvalue weighted by atomic mass is 10.1. The summed E-state index contributed by atoms with van der Waals surface area (Å²) in [7, 11) is 0. The van der Waals surface area contributed by atoms with Crippen LogP contribution in [0, 0.1) is 5.92 Å². The van der Waals surface area contributed by atoms with Crippen molar-refractivity contribution in [2.75, 3.05) is 0 Å². The van der Waals surface area contributed by atoms with Crippen LogP contribution in [0.5, 0.6) is 0 Å². The Labute approximate surface area is 60.4 Å². The fourth-order valence-corrected chi connectivity index (χ4v) is 0.555. The zero-order chi connectivity index (χ0) is 7.44. The lowest BCUT2D eigenvalue weighted by Crippen LogP contribution is -2.21. The van der Waals surface area contributed by atoms with Crippen molar-refractivity contribution in [3.63, 3.8) is 0 Å². The Balaban J connectivity index is 3.65. The minimum atomic E-state index is -0.111. The molecule has 52 valence electrons. The van der Waals surface area contributed by atoms with Crippen LogP contribution >= 0.6 is 12.2 Å². The second kappa shape index (κ2) is 3.56. The molecule has 0 radical (unpaired) electrons. The molecule has 2 N–H and O–H groups in total. The predicted octanol–water partition coefficient (Wildman–Crippen LogP) is 0.888. The number of rotatable bonds is 3. The van der Waals surface area contributed by atoms with Crippen LogP contribution in [0.3, 0.4) is 0 Å². The van der Waals surface area contributed by atoms with E-state index in [0.29, 0.717) is 12.3 Å². The van der Waals surface area contributed by atoms with E-state index in [1.807, 2.05) is 13.8 Å². The largest absolute Gasteiger partial charge is 0.387 e. The van der Waals surface area contributed by atoms with Gasteiger partial charge in [-0.1, -0.05) is 26.1 Å². The van der Waals surface area contributed by atoms with Crippen LogP contribution in [0.15, 0.2) is 0 Å². The summed E-state index contributed by atoms with van der Waals surface area (Å²) in [6.07, 6.45) is 0.468. The van der Waals surface area contributed by atoms with Crippen molar-refractivity contribution in [3.05, 3.63) is 0 Å². The predicted molar refractivity (Wildman–Crippen MR) is 41.2 cm³/mol. The Morgan fingerprint density at radius 3 is 2.22 bits per heavy atom. The summed E-state index contributed by atoms with van der Waals surface area (Å²) >= 11 is 4.46. The zero-order valence-corrected chi connectivity index (χ0v) is 6.49. The van der Waals surface area contributed by atoms with Crippen LogP contribution in [0.25, 0.3) is 0 Å². The Hall–Kier alpha value is -0.440. The molecule has 0 heterocycles. The molecule has 0 aromatic heterocycles. The Kier molecular flexibility index (Phi) is 3.39. The highest BCUT2D eigenvalue weighted by atomic mass is 32.1. The molecule has 0 atom stereocenters. The third-order valence-electron chi connectivity index (χ3n) is 0.868. The molecule has 2 nitrogen and oxygen atoms in total. The van der Waals surface area contributed by atoms with Crippen LogP contribution in [0.1, 0.15) is 20.3 Å². The van der Waals surface area contributed by atoms with Crippen LogP contribution < -0.4 is 5.73 Å². The van der Waals surface area contributed by atoms with Crippen molar-refractivity contribution < 1.29 is 4.79 Å². The fraction of sp³-hybridized carbons (Fsp3) is 0.667. The normalized spacial score (nSPS) is 9.67. The molecule has 0 bridgehead atoms. The number of carbonyl (C=O) groups is 1. The molecule has 0 aliphatic rings. The van der Waals surface area contributed by atoms with Gasteiger partial charge in [0, 0.05) is 6.42 Å². The maximum atomic E-state index is 10.7. The van der Waals surface area contributed by atoms with Gasteiger partial charge in [-0.05, 0) is 5.92 Å². The van der Waals surface area contributed by atoms with E-state index in [9.17, 15) is 4.79 Å². The molecular formula is C6H11NOS. The van der Waals surface area contributed by atoms with Crippen LogP contribution in [-0.2, 0) is 4.79 Å². The van der Waals surface area contributed by atoms with Crippen molar-refractivity contribution >= 4 is 23.0 Å². The number of ketones is 1. The van der Waals surface area contributed by atoms with E-state index in [-0.39, 0.29) is 10.8 Å². The van der Waals surface area contributed by atoms with Gasteiger partial charge in [0.1, 0.15) is 4.99 Å². The van der Waals surface area contributed by atoms with Crippen LogP contribution in [-0.4, -0.2) is 10.8 Å².